The van der Waals surface area contributed by atoms with Gasteiger partial charge in [-0.25, -0.2) is 9.37 Å². The summed E-state index contributed by atoms with van der Waals surface area (Å²) < 4.78 is 15.0. The minimum absolute atomic E-state index is 0.233. The largest absolute Gasteiger partial charge is 0.352 e. The van der Waals surface area contributed by atoms with Crippen molar-refractivity contribution >= 4 is 11.6 Å². The molecule has 0 radical (unpaired) electrons. The Labute approximate surface area is 140 Å². The van der Waals surface area contributed by atoms with E-state index in [-0.39, 0.29) is 5.82 Å². The van der Waals surface area contributed by atoms with Gasteiger partial charge in [-0.15, -0.1) is 0 Å². The first-order valence-electron chi connectivity index (χ1n) is 7.78. The van der Waals surface area contributed by atoms with E-state index in [9.17, 15) is 4.39 Å². The summed E-state index contributed by atoms with van der Waals surface area (Å²) in [7, 11) is 1.72. The zero-order chi connectivity index (χ0) is 16.9. The Kier molecular flexibility index (Phi) is 4.74. The normalized spacial score (nSPS) is 11.7. The molecule has 0 aliphatic heterocycles. The molecular weight excluding hydrogens is 305 g/mol. The van der Waals surface area contributed by atoms with Crippen molar-refractivity contribution in [1.82, 2.24) is 20.0 Å². The van der Waals surface area contributed by atoms with Gasteiger partial charge in [-0.2, -0.15) is 0 Å². The third-order valence-electron chi connectivity index (χ3n) is 3.78. The second-order valence-corrected chi connectivity index (χ2v) is 5.53. The van der Waals surface area contributed by atoms with E-state index >= 15 is 0 Å². The standard InChI is InChI=1S/C18H20FN5/c1-13-4-3-5-17-23-16(12-24(13)17)11-22-18(20-2)21-10-14-6-8-15(19)9-7-14/h3-9,12H,10-11H2,1-2H3,(H2,20,21,22). The topological polar surface area (TPSA) is 53.7 Å². The third-order valence-corrected chi connectivity index (χ3v) is 3.78. The second kappa shape index (κ2) is 7.12. The molecule has 24 heavy (non-hydrogen) atoms. The SMILES string of the molecule is CN=C(NCc1ccc(F)cc1)NCc1cn2c(C)cccc2n1. The van der Waals surface area contributed by atoms with Crippen LogP contribution >= 0.6 is 0 Å². The van der Waals surface area contributed by atoms with Gasteiger partial charge in [0, 0.05) is 25.5 Å². The fourth-order valence-electron chi connectivity index (χ4n) is 2.47. The van der Waals surface area contributed by atoms with Gasteiger partial charge in [0.15, 0.2) is 5.96 Å². The van der Waals surface area contributed by atoms with Gasteiger partial charge in [0.25, 0.3) is 0 Å². The van der Waals surface area contributed by atoms with Crippen molar-refractivity contribution in [3.8, 4) is 0 Å². The summed E-state index contributed by atoms with van der Waals surface area (Å²) in [4.78, 5) is 8.78. The van der Waals surface area contributed by atoms with Crippen LogP contribution in [0.4, 0.5) is 4.39 Å². The van der Waals surface area contributed by atoms with Gasteiger partial charge in [0.2, 0.25) is 0 Å². The molecule has 124 valence electrons. The number of pyridine rings is 1. The summed E-state index contributed by atoms with van der Waals surface area (Å²) in [6, 6.07) is 12.4. The van der Waals surface area contributed by atoms with Crippen molar-refractivity contribution in [3.05, 3.63) is 71.4 Å². The molecule has 5 nitrogen and oxygen atoms in total. The maximum absolute atomic E-state index is 12.9. The third kappa shape index (κ3) is 3.71. The fraction of sp³-hybridized carbons (Fsp3) is 0.222. The minimum atomic E-state index is -0.233. The van der Waals surface area contributed by atoms with E-state index in [2.05, 4.69) is 38.0 Å². The van der Waals surface area contributed by atoms with Crippen molar-refractivity contribution in [3.63, 3.8) is 0 Å². The lowest BCUT2D eigenvalue weighted by molar-refractivity contribution is 0.626. The van der Waals surface area contributed by atoms with E-state index in [1.165, 1.54) is 12.1 Å². The van der Waals surface area contributed by atoms with E-state index in [1.54, 1.807) is 19.2 Å². The van der Waals surface area contributed by atoms with Crippen LogP contribution < -0.4 is 10.6 Å². The molecule has 2 heterocycles. The van der Waals surface area contributed by atoms with E-state index in [1.807, 2.05) is 18.3 Å². The molecule has 2 aromatic heterocycles. The van der Waals surface area contributed by atoms with Crippen LogP contribution in [0.1, 0.15) is 17.0 Å². The van der Waals surface area contributed by atoms with Gasteiger partial charge in [-0.05, 0) is 36.8 Å². The highest BCUT2D eigenvalue weighted by molar-refractivity contribution is 5.79. The average molecular weight is 325 g/mol. The lowest BCUT2D eigenvalue weighted by atomic mass is 10.2. The first-order chi connectivity index (χ1) is 11.7. The number of imidazole rings is 1. The Hall–Kier alpha value is -2.89. The van der Waals surface area contributed by atoms with Crippen molar-refractivity contribution in [2.75, 3.05) is 7.05 Å². The number of fused-ring (bicyclic) bond motifs is 1. The number of aliphatic imine (C=N–C) groups is 1. The molecule has 3 aromatic rings. The number of rotatable bonds is 4. The van der Waals surface area contributed by atoms with Crippen molar-refractivity contribution in [2.45, 2.75) is 20.0 Å². The first-order valence-corrected chi connectivity index (χ1v) is 7.78. The number of hydrogen-bond acceptors (Lipinski definition) is 2. The molecule has 0 amide bonds. The van der Waals surface area contributed by atoms with Crippen LogP contribution in [0.25, 0.3) is 5.65 Å². The highest BCUT2D eigenvalue weighted by Gasteiger charge is 2.04. The van der Waals surface area contributed by atoms with Crippen LogP contribution in [-0.4, -0.2) is 22.4 Å². The van der Waals surface area contributed by atoms with Crippen molar-refractivity contribution in [2.24, 2.45) is 4.99 Å². The van der Waals surface area contributed by atoms with E-state index in [0.29, 0.717) is 19.0 Å². The zero-order valence-corrected chi connectivity index (χ0v) is 13.8. The lowest BCUT2D eigenvalue weighted by Crippen LogP contribution is -2.36. The minimum Gasteiger partial charge on any atom is -0.352 e. The number of aromatic nitrogens is 2. The number of aryl methyl sites for hydroxylation is 1. The Morgan fingerprint density at radius 3 is 2.58 bits per heavy atom. The predicted molar refractivity (Wildman–Crippen MR) is 93.4 cm³/mol. The smallest absolute Gasteiger partial charge is 0.191 e. The maximum atomic E-state index is 12.9. The van der Waals surface area contributed by atoms with Crippen molar-refractivity contribution in [1.29, 1.82) is 0 Å². The predicted octanol–water partition coefficient (Wildman–Crippen LogP) is 2.65. The number of nitrogens with one attached hydrogen (secondary N) is 2. The molecule has 0 saturated heterocycles. The highest BCUT2D eigenvalue weighted by atomic mass is 19.1. The van der Waals surface area contributed by atoms with Crippen LogP contribution in [0.15, 0.2) is 53.7 Å². The molecule has 0 spiro atoms. The van der Waals surface area contributed by atoms with Gasteiger partial charge in [-0.1, -0.05) is 18.2 Å². The molecule has 0 unspecified atom stereocenters. The zero-order valence-electron chi connectivity index (χ0n) is 13.8. The molecule has 0 bridgehead atoms. The molecule has 0 fully saturated rings. The first kappa shape index (κ1) is 16.0. The Bertz CT molecular complexity index is 851. The van der Waals surface area contributed by atoms with Crippen LogP contribution in [0, 0.1) is 12.7 Å². The van der Waals surface area contributed by atoms with Crippen molar-refractivity contribution < 1.29 is 4.39 Å². The number of benzene rings is 1. The molecule has 0 saturated carbocycles. The average Bonchev–Trinajstić information content (AvgIpc) is 3.01. The Morgan fingerprint density at radius 1 is 1.12 bits per heavy atom. The summed E-state index contributed by atoms with van der Waals surface area (Å²) in [5.41, 5.74) is 4.00. The molecule has 6 heteroatoms. The van der Waals surface area contributed by atoms with Crippen LogP contribution in [0.2, 0.25) is 0 Å². The number of hydrogen-bond donors (Lipinski definition) is 2. The highest BCUT2D eigenvalue weighted by Crippen LogP contribution is 2.08. The van der Waals surface area contributed by atoms with E-state index in [4.69, 9.17) is 0 Å². The Balaban J connectivity index is 1.59. The summed E-state index contributed by atoms with van der Waals surface area (Å²) >= 11 is 0. The van der Waals surface area contributed by atoms with Crippen LogP contribution in [-0.2, 0) is 13.1 Å². The number of guanidine groups is 1. The molecule has 0 aliphatic rings. The summed E-state index contributed by atoms with van der Waals surface area (Å²) in [6.45, 7) is 3.20. The quantitative estimate of drug-likeness (QED) is 0.573. The molecule has 0 atom stereocenters. The maximum Gasteiger partial charge on any atom is 0.191 e. The summed E-state index contributed by atoms with van der Waals surface area (Å²) in [5.74, 6) is 0.441. The van der Waals surface area contributed by atoms with Gasteiger partial charge in [-0.3, -0.25) is 4.99 Å². The van der Waals surface area contributed by atoms with Gasteiger partial charge in [0.1, 0.15) is 11.5 Å². The molecular formula is C18H20FN5. The lowest BCUT2D eigenvalue weighted by Gasteiger charge is -2.11. The number of nitrogens with zero attached hydrogens (tertiary/aromatic N) is 3. The summed E-state index contributed by atoms with van der Waals surface area (Å²) in [6.07, 6.45) is 2.02. The molecule has 3 rings (SSSR count). The summed E-state index contributed by atoms with van der Waals surface area (Å²) in [5, 5.41) is 6.44. The van der Waals surface area contributed by atoms with E-state index in [0.717, 1.165) is 22.6 Å². The molecule has 2 N–H and O–H groups in total. The monoisotopic (exact) mass is 325 g/mol. The Morgan fingerprint density at radius 2 is 1.88 bits per heavy atom. The fourth-order valence-corrected chi connectivity index (χ4v) is 2.47. The number of halogens is 1. The van der Waals surface area contributed by atoms with Gasteiger partial charge < -0.3 is 15.0 Å². The molecule has 1 aromatic carbocycles. The van der Waals surface area contributed by atoms with E-state index < -0.39 is 0 Å². The van der Waals surface area contributed by atoms with Crippen LogP contribution in [0.5, 0.6) is 0 Å². The second-order valence-electron chi connectivity index (χ2n) is 5.53. The van der Waals surface area contributed by atoms with Crippen LogP contribution in [0.3, 0.4) is 0 Å². The van der Waals surface area contributed by atoms with Gasteiger partial charge >= 0.3 is 0 Å². The van der Waals surface area contributed by atoms with Gasteiger partial charge in [0.05, 0.1) is 12.2 Å². The molecule has 0 aliphatic carbocycles.